The van der Waals surface area contributed by atoms with Gasteiger partial charge in [0.15, 0.2) is 16.9 Å². The quantitative estimate of drug-likeness (QED) is 0.221. The van der Waals surface area contributed by atoms with E-state index in [1.807, 2.05) is 66.9 Å². The third-order valence-corrected chi connectivity index (χ3v) is 7.56. The molecule has 0 amide bonds. The van der Waals surface area contributed by atoms with Crippen molar-refractivity contribution in [1.82, 2.24) is 9.47 Å². The van der Waals surface area contributed by atoms with E-state index in [9.17, 15) is 4.79 Å². The average Bonchev–Trinajstić information content (AvgIpc) is 3.49. The Kier molecular flexibility index (Phi) is 8.54. The summed E-state index contributed by atoms with van der Waals surface area (Å²) in [4.78, 5) is 16.2. The molecule has 1 fully saturated rings. The third-order valence-electron chi connectivity index (χ3n) is 7.56. The van der Waals surface area contributed by atoms with E-state index < -0.39 is 0 Å². The smallest absolute Gasteiger partial charge is 0.194 e. The van der Waals surface area contributed by atoms with Crippen molar-refractivity contribution in [3.05, 3.63) is 93.8 Å². The first kappa shape index (κ1) is 28.6. The molecule has 3 aromatic carbocycles. The van der Waals surface area contributed by atoms with Gasteiger partial charge in [-0.25, -0.2) is 0 Å². The minimum atomic E-state index is -0.246. The highest BCUT2D eigenvalue weighted by molar-refractivity contribution is 5.84. The van der Waals surface area contributed by atoms with Crippen LogP contribution in [-0.4, -0.2) is 36.8 Å². The molecule has 2 heterocycles. The molecule has 1 saturated heterocycles. The molecular weight excluding hydrogens is 516 g/mol. The zero-order chi connectivity index (χ0) is 29.0. The number of rotatable bonds is 10. The highest BCUT2D eigenvalue weighted by atomic mass is 16.5. The van der Waals surface area contributed by atoms with Crippen molar-refractivity contribution in [2.24, 2.45) is 0 Å². The fourth-order valence-corrected chi connectivity index (χ4v) is 5.23. The molecule has 0 atom stereocenters. The van der Waals surface area contributed by atoms with Crippen molar-refractivity contribution in [2.45, 2.75) is 58.9 Å². The maximum Gasteiger partial charge on any atom is 0.194 e. The van der Waals surface area contributed by atoms with Crippen LogP contribution in [0, 0.1) is 0 Å². The Morgan fingerprint density at radius 3 is 1.76 bits per heavy atom. The second-order valence-corrected chi connectivity index (χ2v) is 11.6. The van der Waals surface area contributed by atoms with Crippen LogP contribution in [0.25, 0.3) is 10.9 Å². The average molecular weight is 557 g/mol. The molecule has 7 nitrogen and oxygen atoms in total. The van der Waals surface area contributed by atoms with Crippen LogP contribution in [-0.2, 0) is 25.3 Å². The first-order valence-electron chi connectivity index (χ1n) is 14.2. The Morgan fingerprint density at radius 2 is 1.27 bits per heavy atom. The second kappa shape index (κ2) is 12.3. The maximum absolute atomic E-state index is 13.9. The van der Waals surface area contributed by atoms with Gasteiger partial charge in [0.05, 0.1) is 19.7 Å². The predicted octanol–water partition coefficient (Wildman–Crippen LogP) is 6.53. The van der Waals surface area contributed by atoms with Crippen LogP contribution < -0.4 is 24.4 Å². The van der Waals surface area contributed by atoms with Gasteiger partial charge in [0.1, 0.15) is 24.7 Å². The Hall–Kier alpha value is -3.97. The number of fused-ring (bicyclic) bond motifs is 1. The van der Waals surface area contributed by atoms with E-state index in [0.29, 0.717) is 36.6 Å². The fraction of sp³-hybridized carbons (Fsp3) is 0.382. The number of likely N-dealkylation sites (tertiary alicyclic amines) is 1. The zero-order valence-corrected chi connectivity index (χ0v) is 24.7. The van der Waals surface area contributed by atoms with Gasteiger partial charge in [0, 0.05) is 35.3 Å². The first-order valence-corrected chi connectivity index (χ1v) is 14.2. The summed E-state index contributed by atoms with van der Waals surface area (Å²) in [6.45, 7) is 9.86. The lowest BCUT2D eigenvalue weighted by Gasteiger charge is -2.28. The van der Waals surface area contributed by atoms with Gasteiger partial charge in [0.25, 0.3) is 0 Å². The van der Waals surface area contributed by atoms with E-state index in [0.717, 1.165) is 46.8 Å². The summed E-state index contributed by atoms with van der Waals surface area (Å²) in [5.74, 6) is 2.71. The van der Waals surface area contributed by atoms with Gasteiger partial charge in [-0.05, 0) is 88.2 Å². The normalized spacial score (nSPS) is 13.9. The lowest BCUT2D eigenvalue weighted by atomic mass is 10.0. The van der Waals surface area contributed by atoms with Crippen molar-refractivity contribution >= 4 is 10.9 Å². The van der Waals surface area contributed by atoms with Gasteiger partial charge >= 0.3 is 0 Å². The van der Waals surface area contributed by atoms with E-state index >= 15 is 0 Å². The summed E-state index contributed by atoms with van der Waals surface area (Å²) in [5, 5.41) is 0.637. The zero-order valence-electron chi connectivity index (χ0n) is 24.7. The number of aromatic nitrogens is 1. The van der Waals surface area contributed by atoms with Crippen molar-refractivity contribution in [3.8, 4) is 23.0 Å². The topological polar surface area (TPSA) is 62.2 Å². The Morgan fingerprint density at radius 1 is 0.756 bits per heavy atom. The fourth-order valence-electron chi connectivity index (χ4n) is 5.23. The van der Waals surface area contributed by atoms with E-state index in [1.165, 1.54) is 12.8 Å². The molecule has 0 saturated carbocycles. The largest absolute Gasteiger partial charge is 0.497 e. The molecule has 1 aromatic heterocycles. The predicted molar refractivity (Wildman–Crippen MR) is 162 cm³/mol. The summed E-state index contributed by atoms with van der Waals surface area (Å²) in [6.07, 6.45) is 4.40. The van der Waals surface area contributed by atoms with E-state index in [-0.39, 0.29) is 11.0 Å². The third kappa shape index (κ3) is 6.68. The van der Waals surface area contributed by atoms with Gasteiger partial charge in [-0.15, -0.1) is 0 Å². The summed E-state index contributed by atoms with van der Waals surface area (Å²) in [6, 6.07) is 19.4. The Labute approximate surface area is 242 Å². The second-order valence-electron chi connectivity index (χ2n) is 11.6. The number of hydrogen-bond donors (Lipinski definition) is 0. The number of pyridine rings is 1. The van der Waals surface area contributed by atoms with E-state index in [4.69, 9.17) is 18.9 Å². The van der Waals surface area contributed by atoms with Gasteiger partial charge < -0.3 is 23.5 Å². The molecule has 7 heteroatoms. The minimum absolute atomic E-state index is 0.0448. The van der Waals surface area contributed by atoms with Crippen LogP contribution in [0.2, 0.25) is 0 Å². The van der Waals surface area contributed by atoms with Crippen molar-refractivity contribution < 1.29 is 18.9 Å². The lowest BCUT2D eigenvalue weighted by molar-refractivity contribution is 0.256. The lowest BCUT2D eigenvalue weighted by Crippen LogP contribution is -2.29. The number of methoxy groups -OCH3 is 2. The molecule has 41 heavy (non-hydrogen) atoms. The summed E-state index contributed by atoms with van der Waals surface area (Å²) >= 11 is 0. The van der Waals surface area contributed by atoms with Crippen molar-refractivity contribution in [2.75, 3.05) is 27.3 Å². The molecule has 0 aliphatic carbocycles. The monoisotopic (exact) mass is 556 g/mol. The summed E-state index contributed by atoms with van der Waals surface area (Å²) in [7, 11) is 3.30. The Bertz CT molecular complexity index is 1530. The van der Waals surface area contributed by atoms with Crippen LogP contribution in [0.5, 0.6) is 23.0 Å². The highest BCUT2D eigenvalue weighted by Gasteiger charge is 2.23. The van der Waals surface area contributed by atoms with Crippen LogP contribution in [0.15, 0.2) is 71.7 Å². The maximum atomic E-state index is 13.9. The van der Waals surface area contributed by atoms with Gasteiger partial charge in [0.2, 0.25) is 0 Å². The van der Waals surface area contributed by atoms with Crippen LogP contribution in [0.4, 0.5) is 0 Å². The molecule has 216 valence electrons. The first-order chi connectivity index (χ1) is 19.7. The number of hydrogen-bond acceptors (Lipinski definition) is 6. The van der Waals surface area contributed by atoms with Gasteiger partial charge in [-0.1, -0.05) is 24.3 Å². The van der Waals surface area contributed by atoms with Gasteiger partial charge in [-0.3, -0.25) is 9.69 Å². The Balaban J connectivity index is 1.55. The standard InChI is InChI=1S/C34H40N2O5/c1-34(2,3)36-21-26(20-35-16-6-7-17-35)33(37)29-18-31(40-22-24-8-12-27(38-4)13-9-24)32(19-30(29)36)41-23-25-10-14-28(39-5)15-11-25/h8-15,18-19,21H,6-7,16-17,20,22-23H2,1-5H3. The van der Waals surface area contributed by atoms with Gasteiger partial charge in [-0.2, -0.15) is 0 Å². The number of ether oxygens (including phenoxy) is 4. The SMILES string of the molecule is COc1ccc(COc2cc3c(=O)c(CN4CCCC4)cn(C(C)(C)C)c3cc2OCc2ccc(OC)cc2)cc1. The molecular formula is C34H40N2O5. The minimum Gasteiger partial charge on any atom is -0.497 e. The molecule has 0 unspecified atom stereocenters. The molecule has 1 aliphatic rings. The number of benzene rings is 3. The highest BCUT2D eigenvalue weighted by Crippen LogP contribution is 2.35. The van der Waals surface area contributed by atoms with Crippen LogP contribution in [0.1, 0.15) is 50.3 Å². The molecule has 4 aromatic rings. The summed E-state index contributed by atoms with van der Waals surface area (Å²) in [5.41, 5.74) is 3.42. The molecule has 5 rings (SSSR count). The summed E-state index contributed by atoms with van der Waals surface area (Å²) < 4.78 is 25.5. The van der Waals surface area contributed by atoms with Crippen molar-refractivity contribution in [3.63, 3.8) is 0 Å². The molecule has 0 N–H and O–H groups in total. The molecule has 0 bridgehead atoms. The van der Waals surface area contributed by atoms with E-state index in [1.54, 1.807) is 14.2 Å². The molecule has 1 aliphatic heterocycles. The van der Waals surface area contributed by atoms with Crippen LogP contribution in [0.3, 0.4) is 0 Å². The van der Waals surface area contributed by atoms with Crippen molar-refractivity contribution in [1.29, 1.82) is 0 Å². The number of nitrogens with zero attached hydrogens (tertiary/aromatic N) is 2. The molecule has 0 radical (unpaired) electrons. The van der Waals surface area contributed by atoms with E-state index in [2.05, 4.69) is 30.2 Å². The molecule has 0 spiro atoms. The van der Waals surface area contributed by atoms with Crippen LogP contribution >= 0.6 is 0 Å².